The molecule has 1 saturated carbocycles. The molecular weight excluding hydrogens is 488 g/mol. The third-order valence-corrected chi connectivity index (χ3v) is 8.47. The van der Waals surface area contributed by atoms with E-state index in [9.17, 15) is 14.7 Å². The first-order chi connectivity index (χ1) is 19.0. The van der Waals surface area contributed by atoms with Crippen molar-refractivity contribution in [2.75, 3.05) is 24.6 Å². The lowest BCUT2D eigenvalue weighted by molar-refractivity contribution is -0.121. The van der Waals surface area contributed by atoms with Crippen LogP contribution >= 0.6 is 0 Å². The Hall–Kier alpha value is -3.02. The SMILES string of the molecule is CCOc1c(C(=O)O)ccc(CC(=O)NC(CC2CCCCCC2)c2ccccc2N2CCCCC2)c1CC. The quantitative estimate of drug-likeness (QED) is 0.301. The van der Waals surface area contributed by atoms with Crippen molar-refractivity contribution in [2.24, 2.45) is 5.92 Å². The lowest BCUT2D eigenvalue weighted by Crippen LogP contribution is -2.35. The monoisotopic (exact) mass is 534 g/mol. The van der Waals surface area contributed by atoms with Crippen LogP contribution in [0.4, 0.5) is 5.69 Å². The molecule has 212 valence electrons. The zero-order valence-corrected chi connectivity index (χ0v) is 23.8. The third kappa shape index (κ3) is 7.55. The van der Waals surface area contributed by atoms with Crippen LogP contribution in [0, 0.1) is 5.92 Å². The van der Waals surface area contributed by atoms with E-state index >= 15 is 0 Å². The number of aromatic carboxylic acids is 1. The number of piperidine rings is 1. The molecule has 4 rings (SSSR count). The number of carbonyl (C=O) groups excluding carboxylic acids is 1. The first kappa shape index (κ1) is 29.0. The third-order valence-electron chi connectivity index (χ3n) is 8.47. The first-order valence-electron chi connectivity index (χ1n) is 15.2. The number of hydrogen-bond donors (Lipinski definition) is 2. The van der Waals surface area contributed by atoms with Gasteiger partial charge in [0.15, 0.2) is 0 Å². The van der Waals surface area contributed by atoms with Crippen LogP contribution in [0.3, 0.4) is 0 Å². The Bertz CT molecular complexity index is 1100. The van der Waals surface area contributed by atoms with E-state index in [0.29, 0.717) is 24.7 Å². The zero-order chi connectivity index (χ0) is 27.6. The van der Waals surface area contributed by atoms with Crippen molar-refractivity contribution < 1.29 is 19.4 Å². The standard InChI is InChI=1S/C33H46N2O4/c1-3-26-25(18-19-28(33(37)38)32(26)39-4-2)23-31(36)34-29(22-24-14-8-5-6-9-15-24)27-16-10-11-17-30(27)35-20-12-7-13-21-35/h10-11,16-19,24,29H,3-9,12-15,20-23H2,1-2H3,(H,34,36)(H,37,38). The minimum Gasteiger partial charge on any atom is -0.493 e. The molecule has 1 unspecified atom stereocenters. The Kier molecular flexibility index (Phi) is 10.7. The number of carboxylic acids is 1. The van der Waals surface area contributed by atoms with Crippen molar-refractivity contribution in [2.45, 2.75) is 96.9 Å². The molecule has 1 amide bonds. The summed E-state index contributed by atoms with van der Waals surface area (Å²) in [5.74, 6) is -0.0368. The topological polar surface area (TPSA) is 78.9 Å². The molecule has 6 heteroatoms. The summed E-state index contributed by atoms with van der Waals surface area (Å²) in [6.45, 7) is 6.34. The molecule has 0 bridgehead atoms. The Morgan fingerprint density at radius 2 is 1.67 bits per heavy atom. The van der Waals surface area contributed by atoms with Crippen molar-refractivity contribution in [1.82, 2.24) is 5.32 Å². The molecule has 2 fully saturated rings. The van der Waals surface area contributed by atoms with Gasteiger partial charge in [0.1, 0.15) is 11.3 Å². The predicted octanol–water partition coefficient (Wildman–Crippen LogP) is 7.10. The van der Waals surface area contributed by atoms with Crippen molar-refractivity contribution in [1.29, 1.82) is 0 Å². The van der Waals surface area contributed by atoms with Gasteiger partial charge in [-0.2, -0.15) is 0 Å². The first-order valence-corrected chi connectivity index (χ1v) is 15.2. The maximum atomic E-state index is 13.7. The largest absolute Gasteiger partial charge is 0.493 e. The van der Waals surface area contributed by atoms with Gasteiger partial charge in [-0.05, 0) is 73.8 Å². The van der Waals surface area contributed by atoms with Gasteiger partial charge >= 0.3 is 5.97 Å². The number of anilines is 1. The molecule has 1 heterocycles. The van der Waals surface area contributed by atoms with Gasteiger partial charge in [-0.3, -0.25) is 4.79 Å². The molecule has 1 aliphatic carbocycles. The van der Waals surface area contributed by atoms with Crippen molar-refractivity contribution in [3.63, 3.8) is 0 Å². The fourth-order valence-corrected chi connectivity index (χ4v) is 6.52. The number of nitrogens with one attached hydrogen (secondary N) is 1. The van der Waals surface area contributed by atoms with E-state index < -0.39 is 5.97 Å². The zero-order valence-electron chi connectivity index (χ0n) is 23.8. The van der Waals surface area contributed by atoms with Crippen molar-refractivity contribution in [3.05, 3.63) is 58.7 Å². The highest BCUT2D eigenvalue weighted by atomic mass is 16.5. The smallest absolute Gasteiger partial charge is 0.339 e. The maximum Gasteiger partial charge on any atom is 0.339 e. The van der Waals surface area contributed by atoms with E-state index in [2.05, 4.69) is 34.5 Å². The average Bonchev–Trinajstić information content (AvgIpc) is 3.22. The average molecular weight is 535 g/mol. The van der Waals surface area contributed by atoms with Crippen LogP contribution < -0.4 is 15.0 Å². The number of amides is 1. The van der Waals surface area contributed by atoms with Gasteiger partial charge in [0, 0.05) is 18.8 Å². The van der Waals surface area contributed by atoms with Crippen LogP contribution in [0.15, 0.2) is 36.4 Å². The fraction of sp³-hybridized carbons (Fsp3) is 0.576. The Morgan fingerprint density at radius 1 is 0.974 bits per heavy atom. The fourth-order valence-electron chi connectivity index (χ4n) is 6.52. The second kappa shape index (κ2) is 14.4. The van der Waals surface area contributed by atoms with Crippen molar-refractivity contribution >= 4 is 17.6 Å². The number of benzene rings is 2. The van der Waals surface area contributed by atoms with Gasteiger partial charge in [-0.25, -0.2) is 4.79 Å². The second-order valence-corrected chi connectivity index (χ2v) is 11.2. The number of carboxylic acid groups (broad SMARTS) is 1. The summed E-state index contributed by atoms with van der Waals surface area (Å²) in [7, 11) is 0. The summed E-state index contributed by atoms with van der Waals surface area (Å²) < 4.78 is 5.77. The molecule has 2 N–H and O–H groups in total. The number of ether oxygens (including phenoxy) is 1. The van der Waals surface area contributed by atoms with E-state index in [1.165, 1.54) is 69.0 Å². The predicted molar refractivity (Wildman–Crippen MR) is 157 cm³/mol. The van der Waals surface area contributed by atoms with E-state index in [4.69, 9.17) is 4.74 Å². The summed E-state index contributed by atoms with van der Waals surface area (Å²) in [4.78, 5) is 28.0. The number of rotatable bonds is 11. The molecule has 2 aromatic rings. The van der Waals surface area contributed by atoms with Crippen LogP contribution in [-0.4, -0.2) is 36.7 Å². The molecule has 39 heavy (non-hydrogen) atoms. The lowest BCUT2D eigenvalue weighted by atomic mass is 9.88. The second-order valence-electron chi connectivity index (χ2n) is 11.2. The van der Waals surface area contributed by atoms with Crippen LogP contribution in [-0.2, 0) is 17.6 Å². The van der Waals surface area contributed by atoms with Gasteiger partial charge in [-0.1, -0.05) is 69.7 Å². The molecule has 1 saturated heterocycles. The summed E-state index contributed by atoms with van der Waals surface area (Å²) >= 11 is 0. The van der Waals surface area contributed by atoms with Crippen molar-refractivity contribution in [3.8, 4) is 5.75 Å². The molecule has 0 aromatic heterocycles. The summed E-state index contributed by atoms with van der Waals surface area (Å²) in [6, 6.07) is 12.0. The van der Waals surface area contributed by atoms with Crippen LogP contribution in [0.5, 0.6) is 5.75 Å². The van der Waals surface area contributed by atoms with Crippen LogP contribution in [0.25, 0.3) is 0 Å². The summed E-state index contributed by atoms with van der Waals surface area (Å²) in [5, 5.41) is 13.1. The number of carbonyl (C=O) groups is 2. The van der Waals surface area contributed by atoms with Gasteiger partial charge in [0.05, 0.1) is 19.1 Å². The van der Waals surface area contributed by atoms with Gasteiger partial charge in [-0.15, -0.1) is 0 Å². The molecule has 2 aromatic carbocycles. The highest BCUT2D eigenvalue weighted by Gasteiger charge is 2.26. The van der Waals surface area contributed by atoms with E-state index in [-0.39, 0.29) is 23.9 Å². The Labute approximate surface area is 234 Å². The number of para-hydroxylation sites is 1. The molecule has 2 aliphatic rings. The molecule has 1 aliphatic heterocycles. The van der Waals surface area contributed by atoms with E-state index in [0.717, 1.165) is 30.6 Å². The Balaban J connectivity index is 1.61. The van der Waals surface area contributed by atoms with Gasteiger partial charge in [0.25, 0.3) is 0 Å². The molecule has 0 radical (unpaired) electrons. The highest BCUT2D eigenvalue weighted by molar-refractivity contribution is 5.92. The molecule has 1 atom stereocenters. The lowest BCUT2D eigenvalue weighted by Gasteiger charge is -2.33. The Morgan fingerprint density at radius 3 is 2.33 bits per heavy atom. The van der Waals surface area contributed by atoms with Gasteiger partial charge < -0.3 is 20.1 Å². The number of hydrogen-bond acceptors (Lipinski definition) is 4. The molecule has 0 spiro atoms. The molecular formula is C33H46N2O4. The minimum absolute atomic E-state index is 0.0257. The van der Waals surface area contributed by atoms with Crippen LogP contribution in [0.2, 0.25) is 0 Å². The van der Waals surface area contributed by atoms with Crippen LogP contribution in [0.1, 0.15) is 111 Å². The van der Waals surface area contributed by atoms with E-state index in [1.807, 2.05) is 13.8 Å². The number of nitrogens with zero attached hydrogens (tertiary/aromatic N) is 1. The van der Waals surface area contributed by atoms with Gasteiger partial charge in [0.2, 0.25) is 5.91 Å². The minimum atomic E-state index is -1.01. The van der Waals surface area contributed by atoms with E-state index in [1.54, 1.807) is 12.1 Å². The highest BCUT2D eigenvalue weighted by Crippen LogP contribution is 2.36. The normalized spacial score (nSPS) is 17.3. The summed E-state index contributed by atoms with van der Waals surface area (Å²) in [5.41, 5.74) is 4.28. The molecule has 6 nitrogen and oxygen atoms in total. The maximum absolute atomic E-state index is 13.7. The summed E-state index contributed by atoms with van der Waals surface area (Å²) in [6.07, 6.45) is 13.1.